The van der Waals surface area contributed by atoms with Gasteiger partial charge in [0.2, 0.25) is 0 Å². The molecule has 2 heterocycles. The second-order valence-corrected chi connectivity index (χ2v) is 9.63. The van der Waals surface area contributed by atoms with E-state index in [0.29, 0.717) is 12.4 Å². The number of hydrogen-bond acceptors (Lipinski definition) is 3. The van der Waals surface area contributed by atoms with Crippen molar-refractivity contribution in [2.45, 2.75) is 50.4 Å². The molecule has 1 saturated heterocycles. The third-order valence-electron chi connectivity index (χ3n) is 7.35. The van der Waals surface area contributed by atoms with Gasteiger partial charge in [0.1, 0.15) is 11.5 Å². The molecule has 0 aromatic heterocycles. The number of benzene rings is 3. The minimum absolute atomic E-state index is 0.165. The van der Waals surface area contributed by atoms with Gasteiger partial charge in [-0.3, -0.25) is 0 Å². The Labute approximate surface area is 198 Å². The molecule has 1 unspecified atom stereocenters. The smallest absolute Gasteiger partial charge is 0.123 e. The van der Waals surface area contributed by atoms with Gasteiger partial charge in [-0.05, 0) is 86.6 Å². The third-order valence-corrected chi connectivity index (χ3v) is 7.35. The SMILES string of the molecule is Oc1ccc2c(c1)C(c1ccc(CCCCCN3CCCC3)cc1)[C@@H](c1ccccc1)CO2. The number of aromatic hydroxyl groups is 1. The van der Waals surface area contributed by atoms with E-state index in [9.17, 15) is 5.11 Å². The number of unbranched alkanes of at least 4 members (excludes halogenated alkanes) is 2. The molecule has 172 valence electrons. The molecule has 5 rings (SSSR count). The Morgan fingerprint density at radius 1 is 0.818 bits per heavy atom. The maximum Gasteiger partial charge on any atom is 0.123 e. The van der Waals surface area contributed by atoms with Crippen molar-refractivity contribution < 1.29 is 9.84 Å². The number of rotatable bonds is 8. The largest absolute Gasteiger partial charge is 0.508 e. The molecule has 3 aromatic rings. The van der Waals surface area contributed by atoms with Gasteiger partial charge in [-0.25, -0.2) is 0 Å². The molecule has 1 fully saturated rings. The van der Waals surface area contributed by atoms with Crippen LogP contribution in [0.1, 0.15) is 66.2 Å². The minimum atomic E-state index is 0.165. The number of nitrogens with zero attached hydrogens (tertiary/aromatic N) is 1. The van der Waals surface area contributed by atoms with Crippen LogP contribution in [0, 0.1) is 0 Å². The first-order chi connectivity index (χ1) is 16.3. The molecule has 0 radical (unpaired) electrons. The lowest BCUT2D eigenvalue weighted by molar-refractivity contribution is 0.248. The van der Waals surface area contributed by atoms with Crippen LogP contribution < -0.4 is 4.74 Å². The minimum Gasteiger partial charge on any atom is -0.508 e. The van der Waals surface area contributed by atoms with Gasteiger partial charge in [0.25, 0.3) is 0 Å². The van der Waals surface area contributed by atoms with Crippen LogP contribution >= 0.6 is 0 Å². The summed E-state index contributed by atoms with van der Waals surface area (Å²) in [5, 5.41) is 10.2. The van der Waals surface area contributed by atoms with E-state index in [-0.39, 0.29) is 11.8 Å². The summed E-state index contributed by atoms with van der Waals surface area (Å²) in [6, 6.07) is 25.3. The number of likely N-dealkylation sites (tertiary alicyclic amines) is 1. The van der Waals surface area contributed by atoms with Crippen LogP contribution in [0.15, 0.2) is 72.8 Å². The van der Waals surface area contributed by atoms with Crippen LogP contribution in [0.5, 0.6) is 11.5 Å². The van der Waals surface area contributed by atoms with Crippen LogP contribution in [0.2, 0.25) is 0 Å². The van der Waals surface area contributed by atoms with Crippen LogP contribution in [0.25, 0.3) is 0 Å². The van der Waals surface area contributed by atoms with Gasteiger partial charge >= 0.3 is 0 Å². The van der Waals surface area contributed by atoms with E-state index in [2.05, 4.69) is 59.5 Å². The quantitative estimate of drug-likeness (QED) is 0.405. The number of phenols is 1. The Bertz CT molecular complexity index is 1020. The fourth-order valence-electron chi connectivity index (χ4n) is 5.54. The predicted molar refractivity (Wildman–Crippen MR) is 134 cm³/mol. The molecule has 2 aliphatic rings. The predicted octanol–water partition coefficient (Wildman–Crippen LogP) is 6.51. The highest BCUT2D eigenvalue weighted by Crippen LogP contribution is 2.47. The molecule has 33 heavy (non-hydrogen) atoms. The maximum atomic E-state index is 10.2. The van der Waals surface area contributed by atoms with Crippen molar-refractivity contribution in [1.82, 2.24) is 4.90 Å². The first-order valence-corrected chi connectivity index (χ1v) is 12.6. The highest BCUT2D eigenvalue weighted by molar-refractivity contribution is 5.50. The molecule has 0 aliphatic carbocycles. The zero-order valence-electron chi connectivity index (χ0n) is 19.5. The van der Waals surface area contributed by atoms with Crippen LogP contribution in [0.3, 0.4) is 0 Å². The van der Waals surface area contributed by atoms with Crippen molar-refractivity contribution in [2.24, 2.45) is 0 Å². The maximum absolute atomic E-state index is 10.2. The molecule has 0 spiro atoms. The summed E-state index contributed by atoms with van der Waals surface area (Å²) in [5.41, 5.74) is 5.06. The summed E-state index contributed by atoms with van der Waals surface area (Å²) in [7, 11) is 0. The number of ether oxygens (including phenoxy) is 1. The molecule has 2 aliphatic heterocycles. The Balaban J connectivity index is 1.29. The van der Waals surface area contributed by atoms with E-state index in [1.165, 1.54) is 68.4 Å². The Morgan fingerprint density at radius 2 is 1.61 bits per heavy atom. The van der Waals surface area contributed by atoms with Crippen LogP contribution in [-0.4, -0.2) is 36.2 Å². The zero-order chi connectivity index (χ0) is 22.5. The van der Waals surface area contributed by atoms with Gasteiger partial charge in [-0.15, -0.1) is 0 Å². The van der Waals surface area contributed by atoms with Crippen molar-refractivity contribution in [1.29, 1.82) is 0 Å². The first-order valence-electron chi connectivity index (χ1n) is 12.6. The van der Waals surface area contributed by atoms with Crippen molar-refractivity contribution in [3.63, 3.8) is 0 Å². The molecule has 2 atom stereocenters. The topological polar surface area (TPSA) is 32.7 Å². The van der Waals surface area contributed by atoms with Crippen LogP contribution in [0.4, 0.5) is 0 Å². The molecular weight excluding hydrogens is 406 g/mol. The monoisotopic (exact) mass is 441 g/mol. The third kappa shape index (κ3) is 5.25. The normalized spacial score (nSPS) is 20.4. The highest BCUT2D eigenvalue weighted by atomic mass is 16.5. The number of fused-ring (bicyclic) bond motifs is 1. The average molecular weight is 442 g/mol. The van der Waals surface area contributed by atoms with E-state index >= 15 is 0 Å². The highest BCUT2D eigenvalue weighted by Gasteiger charge is 2.33. The second-order valence-electron chi connectivity index (χ2n) is 9.63. The average Bonchev–Trinajstić information content (AvgIpc) is 3.38. The van der Waals surface area contributed by atoms with Crippen LogP contribution in [-0.2, 0) is 6.42 Å². The summed E-state index contributed by atoms with van der Waals surface area (Å²) in [6.45, 7) is 4.53. The Morgan fingerprint density at radius 3 is 2.39 bits per heavy atom. The second kappa shape index (κ2) is 10.4. The fourth-order valence-corrected chi connectivity index (χ4v) is 5.54. The summed E-state index contributed by atoms with van der Waals surface area (Å²) in [6.07, 6.45) is 7.80. The molecular formula is C30H35NO2. The Kier molecular flexibility index (Phi) is 6.97. The van der Waals surface area contributed by atoms with Gasteiger partial charge in [0, 0.05) is 17.4 Å². The van der Waals surface area contributed by atoms with Gasteiger partial charge in [0.05, 0.1) is 6.61 Å². The summed E-state index contributed by atoms with van der Waals surface area (Å²) in [4.78, 5) is 2.61. The summed E-state index contributed by atoms with van der Waals surface area (Å²) >= 11 is 0. The number of aryl methyl sites for hydroxylation is 1. The molecule has 3 aromatic carbocycles. The fraction of sp³-hybridized carbons (Fsp3) is 0.400. The Hall–Kier alpha value is -2.78. The van der Waals surface area contributed by atoms with Crippen molar-refractivity contribution in [3.05, 3.63) is 95.1 Å². The van der Waals surface area contributed by atoms with Gasteiger partial charge in [0.15, 0.2) is 0 Å². The van der Waals surface area contributed by atoms with E-state index in [1.54, 1.807) is 6.07 Å². The van der Waals surface area contributed by atoms with E-state index < -0.39 is 0 Å². The molecule has 3 heteroatoms. The lowest BCUT2D eigenvalue weighted by Crippen LogP contribution is -2.25. The number of phenolic OH excluding ortho intramolecular Hbond substituents is 1. The molecule has 1 N–H and O–H groups in total. The van der Waals surface area contributed by atoms with Gasteiger partial charge in [-0.1, -0.05) is 61.0 Å². The van der Waals surface area contributed by atoms with Gasteiger partial charge < -0.3 is 14.7 Å². The number of hydrogen-bond donors (Lipinski definition) is 1. The standard InChI is InChI=1S/C30H35NO2/c32-26-16-17-29-27(21-26)30(28(22-33-29)24-10-4-1-5-11-24)25-14-12-23(13-15-25)9-3-2-6-18-31-19-7-8-20-31/h1,4-5,10-17,21,28,30,32H,2-3,6-9,18-20,22H2/t28-,30?/m1/s1. The summed E-state index contributed by atoms with van der Waals surface area (Å²) < 4.78 is 6.12. The molecule has 3 nitrogen and oxygen atoms in total. The van der Waals surface area contributed by atoms with Crippen molar-refractivity contribution in [2.75, 3.05) is 26.2 Å². The molecule has 0 bridgehead atoms. The van der Waals surface area contributed by atoms with E-state index in [4.69, 9.17) is 4.74 Å². The van der Waals surface area contributed by atoms with E-state index in [0.717, 1.165) is 17.7 Å². The lowest BCUT2D eigenvalue weighted by Gasteiger charge is -2.34. The first kappa shape index (κ1) is 22.0. The van der Waals surface area contributed by atoms with Crippen molar-refractivity contribution >= 4 is 0 Å². The zero-order valence-corrected chi connectivity index (χ0v) is 19.5. The summed E-state index contributed by atoms with van der Waals surface area (Å²) in [5.74, 6) is 1.56. The van der Waals surface area contributed by atoms with Crippen molar-refractivity contribution in [3.8, 4) is 11.5 Å². The van der Waals surface area contributed by atoms with Gasteiger partial charge in [-0.2, -0.15) is 0 Å². The lowest BCUT2D eigenvalue weighted by atomic mass is 9.75. The van der Waals surface area contributed by atoms with E-state index in [1.807, 2.05) is 12.1 Å². The molecule has 0 saturated carbocycles. The molecule has 0 amide bonds.